The number of halogens is 7. The summed E-state index contributed by atoms with van der Waals surface area (Å²) in [7, 11) is 1.74. The molecule has 0 atom stereocenters. The molecule has 1 aromatic heterocycles. The molecule has 34 heavy (non-hydrogen) atoms. The second-order valence-electron chi connectivity index (χ2n) is 6.68. The molecule has 0 bridgehead atoms. The molecule has 0 amide bonds. The van der Waals surface area contributed by atoms with E-state index < -0.39 is 63.8 Å². The number of carbonyl (C=O) groups excluding carboxylic acids is 2. The molecule has 0 N–H and O–H groups in total. The molecule has 2 aromatic carbocycles. The maximum Gasteiger partial charge on any atom is 0.417 e. The predicted molar refractivity (Wildman–Crippen MR) is 102 cm³/mol. The minimum atomic E-state index is -5.49. The number of esters is 2. The summed E-state index contributed by atoms with van der Waals surface area (Å²) in [6.45, 7) is 0. The summed E-state index contributed by atoms with van der Waals surface area (Å²) < 4.78 is 105. The van der Waals surface area contributed by atoms with E-state index in [-0.39, 0.29) is 17.8 Å². The molecule has 0 aliphatic carbocycles. The van der Waals surface area contributed by atoms with E-state index in [4.69, 9.17) is 0 Å². The van der Waals surface area contributed by atoms with E-state index in [9.17, 15) is 40.3 Å². The fourth-order valence-corrected chi connectivity index (χ4v) is 3.16. The third-order valence-electron chi connectivity index (χ3n) is 4.61. The zero-order chi connectivity index (χ0) is 25.4. The maximum atomic E-state index is 14.9. The number of hydrogen-bond acceptors (Lipinski definition) is 5. The Morgan fingerprint density at radius 2 is 1.47 bits per heavy atom. The zero-order valence-electron chi connectivity index (χ0n) is 17.2. The van der Waals surface area contributed by atoms with Gasteiger partial charge in [-0.3, -0.25) is 0 Å². The van der Waals surface area contributed by atoms with Gasteiger partial charge in [0.25, 0.3) is 0 Å². The van der Waals surface area contributed by atoms with E-state index in [1.807, 2.05) is 0 Å². The van der Waals surface area contributed by atoms with E-state index >= 15 is 0 Å². The van der Waals surface area contributed by atoms with Gasteiger partial charge in [0.05, 0.1) is 36.6 Å². The highest BCUT2D eigenvalue weighted by Crippen LogP contribution is 2.43. The Bertz CT molecular complexity index is 1250. The number of ether oxygens (including phenoxy) is 2. The summed E-state index contributed by atoms with van der Waals surface area (Å²) in [4.78, 5) is 25.0. The van der Waals surface area contributed by atoms with Crippen LogP contribution in [-0.4, -0.2) is 35.9 Å². The van der Waals surface area contributed by atoms with E-state index in [0.717, 1.165) is 14.2 Å². The third-order valence-corrected chi connectivity index (χ3v) is 4.61. The number of hydrogen-bond donors (Lipinski definition) is 0. The van der Waals surface area contributed by atoms with Gasteiger partial charge in [-0.15, -0.1) is 0 Å². The van der Waals surface area contributed by atoms with Crippen molar-refractivity contribution in [3.63, 3.8) is 0 Å². The van der Waals surface area contributed by atoms with Crippen molar-refractivity contribution in [3.05, 3.63) is 70.7 Å². The highest BCUT2D eigenvalue weighted by atomic mass is 19.4. The Balaban J connectivity index is 2.51. The first-order chi connectivity index (χ1) is 15.8. The molecule has 0 aliphatic heterocycles. The number of rotatable bonds is 4. The third kappa shape index (κ3) is 4.45. The van der Waals surface area contributed by atoms with Gasteiger partial charge < -0.3 is 9.47 Å². The summed E-state index contributed by atoms with van der Waals surface area (Å²) in [5, 5.41) is 3.81. The normalized spacial score (nSPS) is 11.9. The van der Waals surface area contributed by atoms with Crippen molar-refractivity contribution in [1.82, 2.24) is 9.78 Å². The second kappa shape index (κ2) is 8.80. The van der Waals surface area contributed by atoms with Crippen molar-refractivity contribution in [2.24, 2.45) is 0 Å². The van der Waals surface area contributed by atoms with Crippen LogP contribution >= 0.6 is 0 Å². The van der Waals surface area contributed by atoms with Crippen molar-refractivity contribution in [2.45, 2.75) is 12.4 Å². The lowest BCUT2D eigenvalue weighted by molar-refractivity contribution is -0.143. The van der Waals surface area contributed by atoms with Gasteiger partial charge in [-0.2, -0.15) is 31.4 Å². The lowest BCUT2D eigenvalue weighted by Gasteiger charge is -2.16. The lowest BCUT2D eigenvalue weighted by atomic mass is 9.96. The Morgan fingerprint density at radius 3 is 1.97 bits per heavy atom. The maximum absolute atomic E-state index is 14.9. The Labute approximate surface area is 186 Å². The first-order valence-corrected chi connectivity index (χ1v) is 9.14. The number of alkyl halides is 6. The average molecular weight is 490 g/mol. The monoisotopic (exact) mass is 490 g/mol. The van der Waals surface area contributed by atoms with Crippen LogP contribution in [0.1, 0.15) is 32.0 Å². The minimum absolute atomic E-state index is 0.0557. The van der Waals surface area contributed by atoms with Gasteiger partial charge in [-0.25, -0.2) is 18.7 Å². The van der Waals surface area contributed by atoms with E-state index in [0.29, 0.717) is 4.68 Å². The summed E-state index contributed by atoms with van der Waals surface area (Å²) in [6, 6.07) is 6.75. The van der Waals surface area contributed by atoms with Crippen LogP contribution in [-0.2, 0) is 21.8 Å². The van der Waals surface area contributed by atoms with Gasteiger partial charge in [0, 0.05) is 0 Å². The molecular weight excluding hydrogens is 477 g/mol. The van der Waals surface area contributed by atoms with Gasteiger partial charge in [0.1, 0.15) is 17.1 Å². The van der Waals surface area contributed by atoms with Crippen LogP contribution in [0.3, 0.4) is 0 Å². The Hall–Kier alpha value is -3.90. The van der Waals surface area contributed by atoms with Crippen LogP contribution in [0, 0.1) is 5.82 Å². The van der Waals surface area contributed by atoms with Gasteiger partial charge in [-0.05, 0) is 24.3 Å². The standard InChI is InChI=1S/C21H13F7N2O4/c1-33-18(31)15-16(29-30(17(15)19(32)34-2)11-6-4-3-5-7-11)14-12(21(26,27)28)8-10(9-13(14)22)20(23,24)25/h3-9H,1-2H3. The van der Waals surface area contributed by atoms with Crippen LogP contribution in [0.4, 0.5) is 30.7 Å². The highest BCUT2D eigenvalue weighted by molar-refractivity contribution is 6.07. The second-order valence-corrected chi connectivity index (χ2v) is 6.68. The largest absolute Gasteiger partial charge is 0.465 e. The average Bonchev–Trinajstić information content (AvgIpc) is 3.17. The first-order valence-electron chi connectivity index (χ1n) is 9.14. The molecule has 0 aliphatic rings. The van der Waals surface area contributed by atoms with E-state index in [1.165, 1.54) is 24.3 Å². The molecular formula is C21H13F7N2O4. The van der Waals surface area contributed by atoms with Crippen LogP contribution in [0.2, 0.25) is 0 Å². The molecule has 0 radical (unpaired) electrons. The van der Waals surface area contributed by atoms with Gasteiger partial charge in [-0.1, -0.05) is 18.2 Å². The molecule has 0 unspecified atom stereocenters. The van der Waals surface area contributed by atoms with Crippen molar-refractivity contribution >= 4 is 11.9 Å². The highest BCUT2D eigenvalue weighted by Gasteiger charge is 2.43. The van der Waals surface area contributed by atoms with E-state index in [1.54, 1.807) is 6.07 Å². The summed E-state index contributed by atoms with van der Waals surface area (Å²) >= 11 is 0. The van der Waals surface area contributed by atoms with Gasteiger partial charge >= 0.3 is 24.3 Å². The number of nitrogens with zero attached hydrogens (tertiary/aromatic N) is 2. The van der Waals surface area contributed by atoms with E-state index in [2.05, 4.69) is 14.6 Å². The van der Waals surface area contributed by atoms with Crippen molar-refractivity contribution in [2.75, 3.05) is 14.2 Å². The molecule has 0 spiro atoms. The molecule has 3 rings (SSSR count). The summed E-state index contributed by atoms with van der Waals surface area (Å²) in [6.07, 6.45) is -10.8. The molecule has 3 aromatic rings. The molecule has 0 saturated carbocycles. The number of aromatic nitrogens is 2. The Morgan fingerprint density at radius 1 is 0.882 bits per heavy atom. The van der Waals surface area contributed by atoms with Crippen LogP contribution in [0.5, 0.6) is 0 Å². The quantitative estimate of drug-likeness (QED) is 0.367. The fraction of sp³-hybridized carbons (Fsp3) is 0.190. The van der Waals surface area contributed by atoms with Crippen molar-refractivity contribution in [3.8, 4) is 16.9 Å². The smallest absolute Gasteiger partial charge is 0.417 e. The molecule has 180 valence electrons. The molecule has 0 fully saturated rings. The van der Waals surface area contributed by atoms with Gasteiger partial charge in [0.15, 0.2) is 5.69 Å². The van der Waals surface area contributed by atoms with Crippen LogP contribution < -0.4 is 0 Å². The van der Waals surface area contributed by atoms with Gasteiger partial charge in [0.2, 0.25) is 0 Å². The van der Waals surface area contributed by atoms with Crippen LogP contribution in [0.15, 0.2) is 42.5 Å². The fourth-order valence-electron chi connectivity index (χ4n) is 3.16. The number of methoxy groups -OCH3 is 2. The van der Waals surface area contributed by atoms with Crippen molar-refractivity contribution in [1.29, 1.82) is 0 Å². The molecule has 13 heteroatoms. The number of para-hydroxylation sites is 1. The minimum Gasteiger partial charge on any atom is -0.465 e. The number of carbonyl (C=O) groups is 2. The topological polar surface area (TPSA) is 70.4 Å². The van der Waals surface area contributed by atoms with Crippen molar-refractivity contribution < 1.29 is 49.8 Å². The SMILES string of the molecule is COC(=O)c1c(-c2c(F)cc(C(F)(F)F)cc2C(F)(F)F)nn(-c2ccccc2)c1C(=O)OC. The summed E-state index contributed by atoms with van der Waals surface area (Å²) in [5.74, 6) is -4.62. The first kappa shape index (κ1) is 24.7. The molecule has 6 nitrogen and oxygen atoms in total. The number of benzene rings is 2. The lowest BCUT2D eigenvalue weighted by Crippen LogP contribution is -2.16. The van der Waals surface area contributed by atoms with Crippen LogP contribution in [0.25, 0.3) is 16.9 Å². The summed E-state index contributed by atoms with van der Waals surface area (Å²) in [5.41, 5.74) is -8.09. The predicted octanol–water partition coefficient (Wildman–Crippen LogP) is 5.29. The molecule has 1 heterocycles. The zero-order valence-corrected chi connectivity index (χ0v) is 17.2. The molecule has 0 saturated heterocycles. The Kier molecular flexibility index (Phi) is 6.40.